The van der Waals surface area contributed by atoms with Crippen LogP contribution >= 0.6 is 0 Å². The summed E-state index contributed by atoms with van der Waals surface area (Å²) in [6, 6.07) is 0. The summed E-state index contributed by atoms with van der Waals surface area (Å²) in [5.74, 6) is -0.373. The summed E-state index contributed by atoms with van der Waals surface area (Å²) in [5, 5.41) is -4.51. The van der Waals surface area contributed by atoms with Crippen LogP contribution < -0.4 is 0 Å². The second kappa shape index (κ2) is 10.8. The van der Waals surface area contributed by atoms with E-state index >= 15 is 0 Å². The van der Waals surface area contributed by atoms with Crippen LogP contribution in [0.15, 0.2) is 0 Å². The van der Waals surface area contributed by atoms with E-state index in [2.05, 4.69) is 6.92 Å². The van der Waals surface area contributed by atoms with Gasteiger partial charge >= 0.3 is 11.2 Å². The van der Waals surface area contributed by atoms with Crippen molar-refractivity contribution in [2.24, 2.45) is 51.8 Å². The lowest BCUT2D eigenvalue weighted by atomic mass is 9.44. The monoisotopic (exact) mass is 601 g/mol. The van der Waals surface area contributed by atoms with Gasteiger partial charge in [-0.15, -0.1) is 0 Å². The summed E-state index contributed by atoms with van der Waals surface area (Å²) < 4.78 is 66.0. The molecule has 0 bridgehead atoms. The molecule has 0 aromatic rings. The molecule has 4 aliphatic carbocycles. The lowest BCUT2D eigenvalue weighted by Crippen LogP contribution is -2.60. The van der Waals surface area contributed by atoms with Gasteiger partial charge in [-0.25, -0.2) is 8.42 Å². The molecule has 8 atom stereocenters. The number of rotatable bonds is 9. The summed E-state index contributed by atoms with van der Waals surface area (Å²) >= 11 is 0. The zero-order valence-corrected chi connectivity index (χ0v) is 25.5. The number of fused-ring (bicyclic) bond motifs is 5. The third-order valence-electron chi connectivity index (χ3n) is 11.8. The van der Waals surface area contributed by atoms with Crippen molar-refractivity contribution in [3.8, 4) is 0 Å². The lowest BCUT2D eigenvalue weighted by molar-refractivity contribution is -0.166. The number of carbonyl (C=O) groups is 4. The van der Waals surface area contributed by atoms with E-state index in [1.807, 2.05) is 13.8 Å². The molecule has 0 N–H and O–H groups in total. The molecule has 4 aliphatic rings. The number of hydrogen-bond acceptors (Lipinski definition) is 8. The van der Waals surface area contributed by atoms with Crippen molar-refractivity contribution in [3.63, 3.8) is 0 Å². The van der Waals surface area contributed by atoms with Gasteiger partial charge in [0.1, 0.15) is 17.3 Å². The highest BCUT2D eigenvalue weighted by molar-refractivity contribution is 7.86. The summed E-state index contributed by atoms with van der Waals surface area (Å²) in [4.78, 5) is 52.0. The van der Waals surface area contributed by atoms with Crippen molar-refractivity contribution in [2.45, 2.75) is 104 Å². The number of ketones is 3. The van der Waals surface area contributed by atoms with Crippen LogP contribution in [-0.2, 0) is 34.0 Å². The molecule has 0 radical (unpaired) electrons. The zero-order valence-electron chi connectivity index (χ0n) is 24.7. The first-order valence-electron chi connectivity index (χ1n) is 14.8. The highest BCUT2D eigenvalue weighted by Crippen LogP contribution is 2.66. The minimum atomic E-state index is -5.87. The number of halogens is 2. The number of ether oxygens (including phenoxy) is 1. The third-order valence-corrected chi connectivity index (χ3v) is 13.0. The van der Waals surface area contributed by atoms with Crippen molar-refractivity contribution in [3.05, 3.63) is 0 Å². The Hall–Kier alpha value is -1.75. The van der Waals surface area contributed by atoms with E-state index in [0.717, 1.165) is 33.1 Å². The molecule has 0 aromatic carbocycles. The molecule has 232 valence electrons. The molecule has 41 heavy (non-hydrogen) atoms. The zero-order chi connectivity index (χ0) is 30.8. The van der Waals surface area contributed by atoms with E-state index in [0.29, 0.717) is 32.1 Å². The van der Waals surface area contributed by atoms with Gasteiger partial charge in [-0.05, 0) is 67.1 Å². The van der Waals surface area contributed by atoms with Crippen molar-refractivity contribution < 1.29 is 45.7 Å². The molecule has 0 spiro atoms. The summed E-state index contributed by atoms with van der Waals surface area (Å²) in [5.41, 5.74) is -3.07. The van der Waals surface area contributed by atoms with Gasteiger partial charge in [-0.3, -0.25) is 19.2 Å². The van der Waals surface area contributed by atoms with Crippen LogP contribution in [0.25, 0.3) is 0 Å². The van der Waals surface area contributed by atoms with Crippen molar-refractivity contribution in [1.82, 2.24) is 0 Å². The van der Waals surface area contributed by atoms with E-state index in [-0.39, 0.29) is 64.7 Å². The topological polar surface area (TPSA) is 135 Å². The maximum atomic E-state index is 14.0. The molecule has 8 nitrogen and oxygen atoms in total. The Kier molecular flexibility index (Phi) is 8.44. The molecule has 0 amide bonds. The Balaban J connectivity index is 1.37. The minimum absolute atomic E-state index is 0.00203. The van der Waals surface area contributed by atoms with Crippen LogP contribution in [-0.4, -0.2) is 48.2 Å². The first kappa shape index (κ1) is 32.2. The van der Waals surface area contributed by atoms with E-state index in [1.165, 1.54) is 0 Å². The Bertz CT molecular complexity index is 1210. The molecular weight excluding hydrogens is 558 g/mol. The molecule has 4 saturated carbocycles. The van der Waals surface area contributed by atoms with Gasteiger partial charge in [0.25, 0.3) is 0 Å². The average Bonchev–Trinajstić information content (AvgIpc) is 3.22. The number of hydrogen-bond donors (Lipinski definition) is 0. The summed E-state index contributed by atoms with van der Waals surface area (Å²) in [6.45, 7) is 7.57. The van der Waals surface area contributed by atoms with E-state index in [9.17, 15) is 40.9 Å². The van der Waals surface area contributed by atoms with Gasteiger partial charge in [0, 0.05) is 48.9 Å². The Morgan fingerprint density at radius 1 is 1.10 bits per heavy atom. The van der Waals surface area contributed by atoms with Crippen molar-refractivity contribution >= 4 is 33.4 Å². The highest BCUT2D eigenvalue weighted by atomic mass is 32.2. The SMILES string of the molecule is C[C@H](CCC(=O)OCCC(C)(C)C(F)(F)S(=O)(=O)[O-])[C@H]1CC[C@H]2[C@@H]3C(=O)CC4CC(=O)CC[C@]4(C)[C@@H]3CC(=O)[C@]12C. The van der Waals surface area contributed by atoms with Gasteiger partial charge in [0.2, 0.25) is 0 Å². The van der Waals surface area contributed by atoms with Gasteiger partial charge in [-0.1, -0.05) is 34.6 Å². The van der Waals surface area contributed by atoms with Gasteiger partial charge in [0.05, 0.1) is 6.61 Å². The Morgan fingerprint density at radius 3 is 2.39 bits per heavy atom. The normalized spacial score (nSPS) is 36.8. The van der Waals surface area contributed by atoms with Gasteiger partial charge < -0.3 is 9.29 Å². The molecule has 4 rings (SSSR count). The molecule has 1 unspecified atom stereocenters. The van der Waals surface area contributed by atoms with Crippen LogP contribution in [0.2, 0.25) is 0 Å². The molecule has 0 aliphatic heterocycles. The fourth-order valence-corrected chi connectivity index (χ4v) is 9.69. The number of esters is 1. The second-order valence-electron chi connectivity index (χ2n) is 14.3. The Morgan fingerprint density at radius 2 is 1.76 bits per heavy atom. The van der Waals surface area contributed by atoms with Gasteiger partial charge in [0.15, 0.2) is 10.1 Å². The predicted molar refractivity (Wildman–Crippen MR) is 143 cm³/mol. The summed E-state index contributed by atoms with van der Waals surface area (Å²) in [7, 11) is -5.87. The predicted octanol–water partition coefficient (Wildman–Crippen LogP) is 5.09. The smallest absolute Gasteiger partial charge is 0.339 e. The number of Topliss-reactive ketones (excluding diaryl/α,β-unsaturated/α-hetero) is 3. The van der Waals surface area contributed by atoms with Crippen LogP contribution in [0.1, 0.15) is 98.8 Å². The highest BCUT2D eigenvalue weighted by Gasteiger charge is 2.66. The summed E-state index contributed by atoms with van der Waals surface area (Å²) in [6.07, 6.45) is 3.85. The van der Waals surface area contributed by atoms with Crippen LogP contribution in [0, 0.1) is 51.8 Å². The molecule has 0 heterocycles. The van der Waals surface area contributed by atoms with Crippen molar-refractivity contribution in [1.29, 1.82) is 0 Å². The third kappa shape index (κ3) is 5.31. The van der Waals surface area contributed by atoms with E-state index in [1.54, 1.807) is 0 Å². The van der Waals surface area contributed by atoms with E-state index < -0.39 is 45.2 Å². The van der Waals surface area contributed by atoms with Crippen molar-refractivity contribution in [2.75, 3.05) is 6.61 Å². The van der Waals surface area contributed by atoms with Crippen LogP contribution in [0.3, 0.4) is 0 Å². The molecule has 0 aromatic heterocycles. The Labute approximate surface area is 241 Å². The quantitative estimate of drug-likeness (QED) is 0.264. The average molecular weight is 602 g/mol. The fourth-order valence-electron chi connectivity index (χ4n) is 8.91. The number of carbonyl (C=O) groups excluding carboxylic acids is 4. The maximum absolute atomic E-state index is 14.0. The first-order valence-corrected chi connectivity index (χ1v) is 16.2. The fraction of sp³-hybridized carbons (Fsp3) is 0.867. The second-order valence-corrected chi connectivity index (χ2v) is 15.7. The molecular formula is C30H43F2O8S-. The largest absolute Gasteiger partial charge is 0.743 e. The number of alkyl halides is 2. The first-order chi connectivity index (χ1) is 18.8. The molecule has 11 heteroatoms. The molecule has 0 saturated heterocycles. The van der Waals surface area contributed by atoms with Crippen LogP contribution in [0.5, 0.6) is 0 Å². The van der Waals surface area contributed by atoms with Crippen LogP contribution in [0.4, 0.5) is 8.78 Å². The van der Waals surface area contributed by atoms with E-state index in [4.69, 9.17) is 4.74 Å². The van der Waals surface area contributed by atoms with Gasteiger partial charge in [-0.2, -0.15) is 8.78 Å². The standard InChI is InChI=1S/C30H44F2O8S/c1-17(6-9-25(36)40-13-12-27(2,3)30(31,32)41(37,38)39)20-7-8-21-26-22(16-24(35)29(20,21)5)28(4)11-10-19(33)14-18(28)15-23(26)34/h17-18,20-22,26H,6-16H2,1-5H3,(H,37,38,39)/p-1/t17-,18?,20-,21+,22-,26+,28+,29-/m1/s1. The lowest BCUT2D eigenvalue weighted by Gasteiger charge is -2.58. The molecule has 4 fully saturated rings. The maximum Gasteiger partial charge on any atom is 0.339 e. The minimum Gasteiger partial charge on any atom is -0.743 e.